The predicted molar refractivity (Wildman–Crippen MR) is 142 cm³/mol. The Morgan fingerprint density at radius 2 is 1.97 bits per heavy atom. The summed E-state index contributed by atoms with van der Waals surface area (Å²) < 4.78 is 7.37. The number of hydrogen-bond donors (Lipinski definition) is 2. The van der Waals surface area contributed by atoms with Crippen LogP contribution in [0.4, 0.5) is 5.69 Å². The third-order valence-electron chi connectivity index (χ3n) is 5.65. The molecule has 0 spiro atoms. The minimum absolute atomic E-state index is 0.197. The molecule has 4 aromatic rings. The molecule has 0 aliphatic rings. The number of allylic oxidation sites excluding steroid dienone is 4. The molecule has 0 fully saturated rings. The highest BCUT2D eigenvalue weighted by molar-refractivity contribution is 6.05. The first-order valence-corrected chi connectivity index (χ1v) is 11.2. The maximum absolute atomic E-state index is 13.1. The topological polar surface area (TPSA) is 81.6 Å². The van der Waals surface area contributed by atoms with Crippen molar-refractivity contribution in [2.45, 2.75) is 13.3 Å². The molecule has 1 amide bonds. The number of benzene rings is 2. The molecule has 2 heterocycles. The number of carbonyl (C=O) groups is 1. The van der Waals surface area contributed by atoms with Crippen molar-refractivity contribution in [2.24, 2.45) is 5.73 Å². The molecular weight excluding hydrogens is 436 g/mol. The van der Waals surface area contributed by atoms with Crippen molar-refractivity contribution in [1.29, 1.82) is 0 Å². The van der Waals surface area contributed by atoms with E-state index in [4.69, 9.17) is 15.5 Å². The Bertz CT molecular complexity index is 1430. The van der Waals surface area contributed by atoms with Crippen LogP contribution in [0.25, 0.3) is 16.9 Å². The number of aromatic nitrogens is 2. The fraction of sp³-hybridized carbons (Fsp3) is 0.103. The highest BCUT2D eigenvalue weighted by Gasteiger charge is 2.14. The Hall–Kier alpha value is -4.58. The van der Waals surface area contributed by atoms with E-state index in [1.54, 1.807) is 25.3 Å². The lowest BCUT2D eigenvalue weighted by Gasteiger charge is -2.12. The Morgan fingerprint density at radius 1 is 1.17 bits per heavy atom. The van der Waals surface area contributed by atoms with Crippen molar-refractivity contribution in [3.8, 4) is 17.0 Å². The minimum atomic E-state index is -0.197. The van der Waals surface area contributed by atoms with Gasteiger partial charge in [-0.25, -0.2) is 4.98 Å². The van der Waals surface area contributed by atoms with E-state index in [1.165, 1.54) is 6.20 Å². The third kappa shape index (κ3) is 5.50. The normalized spacial score (nSPS) is 11.4. The maximum Gasteiger partial charge on any atom is 0.255 e. The molecule has 2 aromatic heterocycles. The molecule has 0 aliphatic carbocycles. The molecular formula is C29H28N4O2. The molecule has 0 aliphatic heterocycles. The maximum atomic E-state index is 13.1. The molecule has 6 heteroatoms. The van der Waals surface area contributed by atoms with Crippen LogP contribution in [0.15, 0.2) is 104 Å². The van der Waals surface area contributed by atoms with Gasteiger partial charge in [-0.15, -0.1) is 0 Å². The Labute approximate surface area is 205 Å². The number of amides is 1. The number of fused-ring (bicyclic) bond motifs is 1. The highest BCUT2D eigenvalue weighted by atomic mass is 16.5. The molecule has 3 N–H and O–H groups in total. The molecule has 0 saturated carbocycles. The van der Waals surface area contributed by atoms with Crippen LogP contribution in [0.2, 0.25) is 0 Å². The fourth-order valence-electron chi connectivity index (χ4n) is 3.84. The lowest BCUT2D eigenvalue weighted by atomic mass is 9.99. The minimum Gasteiger partial charge on any atom is -0.497 e. The number of methoxy groups -OCH3 is 1. The number of carbonyl (C=O) groups excluding carboxylic acids is 1. The average molecular weight is 465 g/mol. The van der Waals surface area contributed by atoms with Crippen LogP contribution in [0.1, 0.15) is 21.5 Å². The number of rotatable bonds is 8. The number of nitrogens with two attached hydrogens (primary N) is 1. The number of nitrogens with zero attached hydrogens (tertiary/aromatic N) is 2. The molecule has 35 heavy (non-hydrogen) atoms. The summed E-state index contributed by atoms with van der Waals surface area (Å²) >= 11 is 0. The second-order valence-electron chi connectivity index (χ2n) is 8.18. The van der Waals surface area contributed by atoms with Gasteiger partial charge in [0.05, 0.1) is 12.8 Å². The van der Waals surface area contributed by atoms with E-state index in [2.05, 4.69) is 11.9 Å². The number of pyridine rings is 1. The van der Waals surface area contributed by atoms with Gasteiger partial charge in [-0.05, 0) is 73.1 Å². The first-order valence-electron chi connectivity index (χ1n) is 11.2. The van der Waals surface area contributed by atoms with Gasteiger partial charge in [0.25, 0.3) is 5.91 Å². The molecule has 2 aromatic carbocycles. The van der Waals surface area contributed by atoms with Crippen molar-refractivity contribution in [2.75, 3.05) is 12.4 Å². The Morgan fingerprint density at radius 3 is 2.69 bits per heavy atom. The molecule has 0 unspecified atom stereocenters. The van der Waals surface area contributed by atoms with Gasteiger partial charge in [0.15, 0.2) is 0 Å². The average Bonchev–Trinajstić information content (AvgIpc) is 3.30. The van der Waals surface area contributed by atoms with Gasteiger partial charge in [-0.2, -0.15) is 0 Å². The van der Waals surface area contributed by atoms with Crippen molar-refractivity contribution >= 4 is 17.2 Å². The Balaban J connectivity index is 1.53. The summed E-state index contributed by atoms with van der Waals surface area (Å²) in [7, 11) is 1.60. The van der Waals surface area contributed by atoms with Gasteiger partial charge in [0.2, 0.25) is 0 Å². The Kier molecular flexibility index (Phi) is 7.12. The molecule has 6 nitrogen and oxygen atoms in total. The van der Waals surface area contributed by atoms with E-state index in [9.17, 15) is 4.79 Å². The third-order valence-corrected chi connectivity index (χ3v) is 5.65. The van der Waals surface area contributed by atoms with Crippen LogP contribution in [0.5, 0.6) is 5.75 Å². The van der Waals surface area contributed by atoms with Gasteiger partial charge in [0.1, 0.15) is 11.4 Å². The monoisotopic (exact) mass is 464 g/mol. The first-order chi connectivity index (χ1) is 17.0. The van der Waals surface area contributed by atoms with Crippen molar-refractivity contribution in [3.63, 3.8) is 0 Å². The quantitative estimate of drug-likeness (QED) is 0.328. The zero-order valence-corrected chi connectivity index (χ0v) is 19.9. The second-order valence-corrected chi connectivity index (χ2v) is 8.18. The number of aryl methyl sites for hydroxylation is 1. The lowest BCUT2D eigenvalue weighted by Crippen LogP contribution is -2.14. The second kappa shape index (κ2) is 10.6. The summed E-state index contributed by atoms with van der Waals surface area (Å²) in [5.41, 5.74) is 12.2. The van der Waals surface area contributed by atoms with Crippen LogP contribution < -0.4 is 15.8 Å². The van der Waals surface area contributed by atoms with Crippen molar-refractivity contribution < 1.29 is 9.53 Å². The van der Waals surface area contributed by atoms with Gasteiger partial charge >= 0.3 is 0 Å². The van der Waals surface area contributed by atoms with Crippen LogP contribution in [0, 0.1) is 6.92 Å². The van der Waals surface area contributed by atoms with E-state index in [1.807, 2.05) is 78.3 Å². The summed E-state index contributed by atoms with van der Waals surface area (Å²) in [5, 5.41) is 3.00. The largest absolute Gasteiger partial charge is 0.497 e. The number of imidazole rings is 1. The van der Waals surface area contributed by atoms with Crippen molar-refractivity contribution in [3.05, 3.63) is 120 Å². The van der Waals surface area contributed by atoms with Crippen molar-refractivity contribution in [1.82, 2.24) is 9.38 Å². The molecule has 0 saturated heterocycles. The van der Waals surface area contributed by atoms with Gasteiger partial charge < -0.3 is 20.2 Å². The smallest absolute Gasteiger partial charge is 0.255 e. The van der Waals surface area contributed by atoms with Crippen LogP contribution in [-0.2, 0) is 6.42 Å². The lowest BCUT2D eigenvalue weighted by molar-refractivity contribution is 0.102. The predicted octanol–water partition coefficient (Wildman–Crippen LogP) is 5.70. The van der Waals surface area contributed by atoms with E-state index in [0.29, 0.717) is 23.4 Å². The molecule has 4 rings (SSSR count). The van der Waals surface area contributed by atoms with Crippen LogP contribution in [-0.4, -0.2) is 22.4 Å². The first kappa shape index (κ1) is 23.6. The molecule has 0 bridgehead atoms. The summed E-state index contributed by atoms with van der Waals surface area (Å²) in [6.07, 6.45) is 11.3. The van der Waals surface area contributed by atoms with Crippen LogP contribution >= 0.6 is 0 Å². The summed E-state index contributed by atoms with van der Waals surface area (Å²) in [5.74, 6) is 0.486. The standard InChI is InChI=1S/C29H28N4O2/c1-20(7-4-5-15-30)17-23-18-25(35-3)13-14-26(23)29(34)31-24-11-9-22(10-12-24)27-19-33-16-6-8-21(2)28(33)32-27/h4-16,18-19H,1,17,30H2,2-3H3,(H,31,34)/b7-4-,15-5-. The van der Waals surface area contributed by atoms with Gasteiger partial charge in [0, 0.05) is 29.2 Å². The number of ether oxygens (including phenoxy) is 1. The highest BCUT2D eigenvalue weighted by Crippen LogP contribution is 2.25. The van der Waals surface area contributed by atoms with E-state index < -0.39 is 0 Å². The zero-order valence-electron chi connectivity index (χ0n) is 19.9. The van der Waals surface area contributed by atoms with Crippen LogP contribution in [0.3, 0.4) is 0 Å². The summed E-state index contributed by atoms with van der Waals surface area (Å²) in [6.45, 7) is 6.12. The van der Waals surface area contributed by atoms with E-state index in [0.717, 1.165) is 33.6 Å². The molecule has 0 radical (unpaired) electrons. The summed E-state index contributed by atoms with van der Waals surface area (Å²) in [6, 6.07) is 17.1. The van der Waals surface area contributed by atoms with Gasteiger partial charge in [-0.1, -0.05) is 42.5 Å². The fourth-order valence-corrected chi connectivity index (χ4v) is 3.84. The number of anilines is 1. The van der Waals surface area contributed by atoms with Gasteiger partial charge in [-0.3, -0.25) is 4.79 Å². The number of hydrogen-bond acceptors (Lipinski definition) is 4. The zero-order chi connectivity index (χ0) is 24.8. The molecule has 0 atom stereocenters. The SMILES string of the molecule is C=C(/C=C\C=C/N)Cc1cc(OC)ccc1C(=O)Nc1ccc(-c2cn3cccc(C)c3n2)cc1. The van der Waals surface area contributed by atoms with E-state index in [-0.39, 0.29) is 5.91 Å². The number of nitrogens with one attached hydrogen (secondary N) is 1. The molecule has 176 valence electrons. The summed E-state index contributed by atoms with van der Waals surface area (Å²) in [4.78, 5) is 17.9. The van der Waals surface area contributed by atoms with E-state index >= 15 is 0 Å².